The molecule has 1 atom stereocenters. The molecule has 1 aliphatic carbocycles. The highest BCUT2D eigenvalue weighted by Gasteiger charge is 2.36. The van der Waals surface area contributed by atoms with Crippen LogP contribution in [0.5, 0.6) is 0 Å². The molecule has 2 amide bonds. The molecule has 0 radical (unpaired) electrons. The van der Waals surface area contributed by atoms with Crippen LogP contribution in [0.4, 0.5) is 4.79 Å². The summed E-state index contributed by atoms with van der Waals surface area (Å²) in [5, 5.41) is 11.4. The van der Waals surface area contributed by atoms with E-state index < -0.39 is 22.7 Å². The summed E-state index contributed by atoms with van der Waals surface area (Å²) in [6.07, 6.45) is -0.0809. The fraction of sp³-hybridized carbons (Fsp3) is 0.423. The third kappa shape index (κ3) is 5.06. The smallest absolute Gasteiger partial charge is 0.407 e. The number of thioether (sulfide) groups is 1. The maximum absolute atomic E-state index is 13.0. The Hall–Kier alpha value is -3.00. The standard InChI is InChI=1S/C26H30N2O5S/c1-26(2,24(31)28-13-14-34-22(15-28)23(29)30)11-12-27-25(32)33-16-21-19-9-5-3-7-17(19)18-8-4-6-10-20(18)21/h3-10,21-22H,11-16H2,1-2H3,(H,27,32)(H,29,30). The van der Waals surface area contributed by atoms with Crippen molar-refractivity contribution in [3.63, 3.8) is 0 Å². The first kappa shape index (κ1) is 24.1. The minimum atomic E-state index is -0.891. The van der Waals surface area contributed by atoms with Gasteiger partial charge in [-0.05, 0) is 28.7 Å². The van der Waals surface area contributed by atoms with E-state index in [4.69, 9.17) is 4.74 Å². The summed E-state index contributed by atoms with van der Waals surface area (Å²) >= 11 is 1.37. The van der Waals surface area contributed by atoms with Gasteiger partial charge in [0.1, 0.15) is 11.9 Å². The largest absolute Gasteiger partial charge is 0.480 e. The summed E-state index contributed by atoms with van der Waals surface area (Å²) in [5.74, 6) is -0.377. The second-order valence-corrected chi connectivity index (χ2v) is 10.6. The Bertz CT molecular complexity index is 1040. The molecule has 34 heavy (non-hydrogen) atoms. The lowest BCUT2D eigenvalue weighted by atomic mass is 9.87. The number of alkyl carbamates (subject to hydrolysis) is 1. The van der Waals surface area contributed by atoms with Crippen LogP contribution in [-0.2, 0) is 14.3 Å². The van der Waals surface area contributed by atoms with E-state index in [0.717, 1.165) is 11.1 Å². The molecule has 8 heteroatoms. The predicted molar refractivity (Wildman–Crippen MR) is 132 cm³/mol. The van der Waals surface area contributed by atoms with Crippen LogP contribution >= 0.6 is 11.8 Å². The number of carbonyl (C=O) groups excluding carboxylic acids is 2. The van der Waals surface area contributed by atoms with Gasteiger partial charge < -0.3 is 20.1 Å². The van der Waals surface area contributed by atoms with Gasteiger partial charge in [0.2, 0.25) is 5.91 Å². The van der Waals surface area contributed by atoms with Crippen molar-refractivity contribution in [2.45, 2.75) is 31.4 Å². The lowest BCUT2D eigenvalue weighted by molar-refractivity contribution is -0.142. The molecule has 7 nitrogen and oxygen atoms in total. The van der Waals surface area contributed by atoms with E-state index in [-0.39, 0.29) is 25.0 Å². The first-order chi connectivity index (χ1) is 16.3. The van der Waals surface area contributed by atoms with Gasteiger partial charge in [0, 0.05) is 36.7 Å². The monoisotopic (exact) mass is 482 g/mol. The number of ether oxygens (including phenoxy) is 1. The van der Waals surface area contributed by atoms with E-state index in [1.807, 2.05) is 38.1 Å². The number of hydrogen-bond donors (Lipinski definition) is 2. The summed E-state index contributed by atoms with van der Waals surface area (Å²) in [4.78, 5) is 38.3. The van der Waals surface area contributed by atoms with E-state index in [2.05, 4.69) is 29.6 Å². The number of rotatable bonds is 7. The van der Waals surface area contributed by atoms with Crippen LogP contribution in [0.1, 0.15) is 37.3 Å². The molecule has 2 aromatic carbocycles. The molecular weight excluding hydrogens is 452 g/mol. The normalized spacial score (nSPS) is 17.6. The number of amides is 2. The van der Waals surface area contributed by atoms with Gasteiger partial charge in [-0.1, -0.05) is 62.4 Å². The van der Waals surface area contributed by atoms with Crippen LogP contribution in [-0.4, -0.2) is 65.2 Å². The third-order valence-corrected chi connectivity index (χ3v) is 7.74. The van der Waals surface area contributed by atoms with Crippen LogP contribution in [0.15, 0.2) is 48.5 Å². The Balaban J connectivity index is 1.28. The van der Waals surface area contributed by atoms with Crippen LogP contribution in [0.3, 0.4) is 0 Å². The molecule has 1 fully saturated rings. The number of carboxylic acids is 1. The molecule has 4 rings (SSSR count). The molecule has 180 valence electrons. The molecule has 1 heterocycles. The van der Waals surface area contributed by atoms with E-state index in [1.54, 1.807) is 4.90 Å². The number of benzene rings is 2. The summed E-state index contributed by atoms with van der Waals surface area (Å²) < 4.78 is 5.56. The number of nitrogens with one attached hydrogen (secondary N) is 1. The van der Waals surface area contributed by atoms with Crippen molar-refractivity contribution in [1.29, 1.82) is 0 Å². The van der Waals surface area contributed by atoms with Gasteiger partial charge in [-0.15, -0.1) is 11.8 Å². The number of hydrogen-bond acceptors (Lipinski definition) is 5. The molecule has 2 aliphatic rings. The van der Waals surface area contributed by atoms with Crippen molar-refractivity contribution in [2.75, 3.05) is 32.0 Å². The number of nitrogens with zero attached hydrogens (tertiary/aromatic N) is 1. The zero-order valence-electron chi connectivity index (χ0n) is 19.5. The minimum Gasteiger partial charge on any atom is -0.480 e. The zero-order chi connectivity index (χ0) is 24.3. The van der Waals surface area contributed by atoms with Crippen molar-refractivity contribution in [3.05, 3.63) is 59.7 Å². The van der Waals surface area contributed by atoms with Crippen molar-refractivity contribution >= 4 is 29.7 Å². The van der Waals surface area contributed by atoms with E-state index in [0.29, 0.717) is 25.3 Å². The Morgan fingerprint density at radius 3 is 2.32 bits per heavy atom. The van der Waals surface area contributed by atoms with Crippen molar-refractivity contribution in [2.24, 2.45) is 5.41 Å². The fourth-order valence-corrected chi connectivity index (χ4v) is 5.68. The highest BCUT2D eigenvalue weighted by Crippen LogP contribution is 2.44. The van der Waals surface area contributed by atoms with Crippen molar-refractivity contribution in [1.82, 2.24) is 10.2 Å². The Labute approximate surface area is 203 Å². The average molecular weight is 483 g/mol. The maximum atomic E-state index is 13.0. The maximum Gasteiger partial charge on any atom is 0.407 e. The first-order valence-electron chi connectivity index (χ1n) is 11.5. The molecule has 1 aliphatic heterocycles. The molecule has 0 aromatic heterocycles. The molecule has 2 aromatic rings. The molecule has 0 bridgehead atoms. The van der Waals surface area contributed by atoms with Crippen molar-refractivity contribution < 1.29 is 24.2 Å². The molecule has 0 saturated carbocycles. The SMILES string of the molecule is CC(C)(CCNC(=O)OCC1c2ccccc2-c2ccccc21)C(=O)N1CCSC(C(=O)O)C1. The van der Waals surface area contributed by atoms with Gasteiger partial charge in [0.25, 0.3) is 0 Å². The summed E-state index contributed by atoms with van der Waals surface area (Å²) in [5.41, 5.74) is 3.94. The lowest BCUT2D eigenvalue weighted by Gasteiger charge is -2.36. The third-order valence-electron chi connectivity index (χ3n) is 6.57. The Morgan fingerprint density at radius 1 is 1.09 bits per heavy atom. The molecule has 1 unspecified atom stereocenters. The van der Waals surface area contributed by atoms with Gasteiger partial charge in [0.15, 0.2) is 0 Å². The fourth-order valence-electron chi connectivity index (χ4n) is 4.64. The first-order valence-corrected chi connectivity index (χ1v) is 12.6. The topological polar surface area (TPSA) is 95.9 Å². The Kier molecular flexibility index (Phi) is 7.16. The summed E-state index contributed by atoms with van der Waals surface area (Å²) in [6.45, 7) is 4.93. The number of aliphatic carboxylic acids is 1. The highest BCUT2D eigenvalue weighted by molar-refractivity contribution is 8.00. The van der Waals surface area contributed by atoms with Gasteiger partial charge in [-0.3, -0.25) is 9.59 Å². The van der Waals surface area contributed by atoms with Gasteiger partial charge in [-0.2, -0.15) is 0 Å². The summed E-state index contributed by atoms with van der Waals surface area (Å²) in [7, 11) is 0. The van der Waals surface area contributed by atoms with Crippen LogP contribution in [0, 0.1) is 5.41 Å². The lowest BCUT2D eigenvalue weighted by Crippen LogP contribution is -2.49. The molecule has 2 N–H and O–H groups in total. The van der Waals surface area contributed by atoms with Gasteiger partial charge in [-0.25, -0.2) is 4.79 Å². The van der Waals surface area contributed by atoms with E-state index >= 15 is 0 Å². The second kappa shape index (κ2) is 10.1. The van der Waals surface area contributed by atoms with Gasteiger partial charge >= 0.3 is 12.1 Å². The second-order valence-electron chi connectivity index (χ2n) is 9.34. The van der Waals surface area contributed by atoms with E-state index in [1.165, 1.54) is 22.9 Å². The molecule has 1 saturated heterocycles. The zero-order valence-corrected chi connectivity index (χ0v) is 20.3. The van der Waals surface area contributed by atoms with Crippen molar-refractivity contribution in [3.8, 4) is 11.1 Å². The van der Waals surface area contributed by atoms with Crippen LogP contribution in [0.25, 0.3) is 11.1 Å². The van der Waals surface area contributed by atoms with E-state index in [9.17, 15) is 19.5 Å². The molecular formula is C26H30N2O5S. The summed E-state index contributed by atoms with van der Waals surface area (Å²) in [6, 6.07) is 16.3. The Morgan fingerprint density at radius 2 is 1.71 bits per heavy atom. The van der Waals surface area contributed by atoms with Crippen LogP contribution in [0.2, 0.25) is 0 Å². The molecule has 0 spiro atoms. The highest BCUT2D eigenvalue weighted by atomic mass is 32.2. The average Bonchev–Trinajstić information content (AvgIpc) is 3.16. The number of fused-ring (bicyclic) bond motifs is 3. The number of carboxylic acid groups (broad SMARTS) is 1. The minimum absolute atomic E-state index is 0.00433. The van der Waals surface area contributed by atoms with Crippen LogP contribution < -0.4 is 5.32 Å². The number of carbonyl (C=O) groups is 3. The van der Waals surface area contributed by atoms with Gasteiger partial charge in [0.05, 0.1) is 0 Å². The quantitative estimate of drug-likeness (QED) is 0.620. The predicted octanol–water partition coefficient (Wildman–Crippen LogP) is 3.97.